The summed E-state index contributed by atoms with van der Waals surface area (Å²) in [5, 5.41) is 38.5. The van der Waals surface area contributed by atoms with Gasteiger partial charge >= 0.3 is 0 Å². The highest BCUT2D eigenvalue weighted by Crippen LogP contribution is 2.30. The molecule has 8 N–H and O–H groups in total. The number of aliphatic hydroxyl groups is 4. The molecule has 5 atom stereocenters. The van der Waals surface area contributed by atoms with Crippen molar-refractivity contribution < 1.29 is 29.9 Å². The van der Waals surface area contributed by atoms with Gasteiger partial charge in [0.2, 0.25) is 6.29 Å². The van der Waals surface area contributed by atoms with Crippen LogP contribution >= 0.6 is 0 Å². The fourth-order valence-corrected chi connectivity index (χ4v) is 2.08. The van der Waals surface area contributed by atoms with E-state index >= 15 is 0 Å². The number of nitrogens with two attached hydrogens (primary N) is 2. The predicted octanol–water partition coefficient (Wildman–Crippen LogP) is -2.23. The Morgan fingerprint density at radius 3 is 2.45 bits per heavy atom. The summed E-state index contributed by atoms with van der Waals surface area (Å²) in [5.41, 5.74) is 11.0. The van der Waals surface area contributed by atoms with Gasteiger partial charge in [-0.15, -0.1) is 0 Å². The van der Waals surface area contributed by atoms with Crippen LogP contribution in [0.1, 0.15) is 0 Å². The number of guanidine groups is 1. The lowest BCUT2D eigenvalue weighted by Crippen LogP contribution is -2.60. The van der Waals surface area contributed by atoms with E-state index in [1.54, 1.807) is 24.3 Å². The van der Waals surface area contributed by atoms with Gasteiger partial charge < -0.3 is 41.4 Å². The van der Waals surface area contributed by atoms with Crippen molar-refractivity contribution in [3.05, 3.63) is 24.3 Å². The van der Waals surface area contributed by atoms with Crippen LogP contribution < -0.4 is 16.2 Å². The number of aliphatic imine (C=N–C) groups is 1. The molecule has 0 spiro atoms. The summed E-state index contributed by atoms with van der Waals surface area (Å²) in [7, 11) is 0. The minimum Gasteiger partial charge on any atom is -0.460 e. The summed E-state index contributed by atoms with van der Waals surface area (Å²) in [6.45, 7) is -0.541. The molecule has 9 heteroatoms. The van der Waals surface area contributed by atoms with Gasteiger partial charge in [-0.25, -0.2) is 4.99 Å². The number of ether oxygens (including phenoxy) is 2. The fourth-order valence-electron chi connectivity index (χ4n) is 2.08. The van der Waals surface area contributed by atoms with Crippen molar-refractivity contribution in [2.45, 2.75) is 30.7 Å². The number of benzene rings is 1. The number of hydrogen-bond acceptors (Lipinski definition) is 7. The second kappa shape index (κ2) is 6.90. The fraction of sp³-hybridized carbons (Fsp3) is 0.462. The Bertz CT molecular complexity index is 534. The smallest absolute Gasteiger partial charge is 0.229 e. The summed E-state index contributed by atoms with van der Waals surface area (Å²) < 4.78 is 10.7. The molecule has 122 valence electrons. The molecule has 1 fully saturated rings. The number of nitrogens with zero attached hydrogens (tertiary/aromatic N) is 1. The average molecular weight is 313 g/mol. The van der Waals surface area contributed by atoms with Gasteiger partial charge in [-0.05, 0) is 12.1 Å². The number of hydrogen-bond donors (Lipinski definition) is 6. The van der Waals surface area contributed by atoms with Crippen LogP contribution in [0.5, 0.6) is 5.75 Å². The zero-order valence-electron chi connectivity index (χ0n) is 11.6. The molecule has 2 rings (SSSR count). The van der Waals surface area contributed by atoms with Crippen LogP contribution in [0.25, 0.3) is 0 Å². The summed E-state index contributed by atoms with van der Waals surface area (Å²) in [4.78, 5) is 3.87. The zero-order valence-corrected chi connectivity index (χ0v) is 11.6. The highest BCUT2D eigenvalue weighted by atomic mass is 16.7. The summed E-state index contributed by atoms with van der Waals surface area (Å²) in [6, 6.07) is 6.47. The molecular formula is C13H19N3O6. The standard InChI is InChI=1S/C13H19N3O6/c14-13(15)16-6-3-1-2-4-7(6)21-12-11(20)10(19)9(18)8(5-17)22-12/h1-4,8-12,17-20H,5H2,(H4,14,15,16). The van der Waals surface area contributed by atoms with Gasteiger partial charge in [-0.2, -0.15) is 0 Å². The van der Waals surface area contributed by atoms with Gasteiger partial charge in [0.05, 0.1) is 6.61 Å². The first-order valence-corrected chi connectivity index (χ1v) is 6.60. The lowest BCUT2D eigenvalue weighted by molar-refractivity contribution is -0.277. The number of rotatable bonds is 4. The summed E-state index contributed by atoms with van der Waals surface area (Å²) in [6.07, 6.45) is -6.84. The van der Waals surface area contributed by atoms with E-state index in [4.69, 9.17) is 26.0 Å². The maximum atomic E-state index is 9.93. The Labute approximate surface area is 126 Å². The SMILES string of the molecule is NC(N)=Nc1ccccc1OC1OC(CO)C(O)C(O)C1O. The van der Waals surface area contributed by atoms with Gasteiger partial charge in [-0.1, -0.05) is 12.1 Å². The van der Waals surface area contributed by atoms with Crippen LogP contribution in [0.3, 0.4) is 0 Å². The molecule has 9 nitrogen and oxygen atoms in total. The first-order valence-electron chi connectivity index (χ1n) is 6.60. The van der Waals surface area contributed by atoms with Crippen LogP contribution in [0.4, 0.5) is 5.69 Å². The van der Waals surface area contributed by atoms with Crippen LogP contribution in [0.2, 0.25) is 0 Å². The molecule has 5 unspecified atom stereocenters. The van der Waals surface area contributed by atoms with Crippen molar-refractivity contribution in [2.24, 2.45) is 16.5 Å². The molecule has 1 heterocycles. The van der Waals surface area contributed by atoms with Crippen molar-refractivity contribution in [1.29, 1.82) is 0 Å². The predicted molar refractivity (Wildman–Crippen MR) is 76.3 cm³/mol. The maximum absolute atomic E-state index is 9.93. The van der Waals surface area contributed by atoms with Crippen molar-refractivity contribution in [1.82, 2.24) is 0 Å². The molecule has 0 saturated carbocycles. The van der Waals surface area contributed by atoms with Crippen molar-refractivity contribution in [3.8, 4) is 5.75 Å². The van der Waals surface area contributed by atoms with E-state index in [0.29, 0.717) is 5.69 Å². The molecule has 0 bridgehead atoms. The second-order valence-corrected chi connectivity index (χ2v) is 4.82. The van der Waals surface area contributed by atoms with Gasteiger partial charge in [0.1, 0.15) is 35.9 Å². The van der Waals surface area contributed by atoms with Crippen molar-refractivity contribution >= 4 is 11.6 Å². The molecule has 0 aromatic heterocycles. The van der Waals surface area contributed by atoms with E-state index < -0.39 is 37.3 Å². The molecule has 1 saturated heterocycles. The zero-order chi connectivity index (χ0) is 16.3. The third-order valence-corrected chi connectivity index (χ3v) is 3.21. The monoisotopic (exact) mass is 313 g/mol. The topological polar surface area (TPSA) is 164 Å². The molecule has 0 radical (unpaired) electrons. The molecule has 1 aromatic rings. The Hall–Kier alpha value is -1.91. The minimum atomic E-state index is -1.52. The lowest BCUT2D eigenvalue weighted by atomic mass is 9.99. The molecule has 1 aliphatic heterocycles. The molecular weight excluding hydrogens is 294 g/mol. The van der Waals surface area contributed by atoms with Gasteiger partial charge in [-0.3, -0.25) is 0 Å². The summed E-state index contributed by atoms with van der Waals surface area (Å²) in [5.74, 6) is 0.0325. The number of para-hydroxylation sites is 2. The third-order valence-electron chi connectivity index (χ3n) is 3.21. The first kappa shape index (κ1) is 16.5. The third kappa shape index (κ3) is 3.46. The van der Waals surface area contributed by atoms with Gasteiger partial charge in [0, 0.05) is 0 Å². The van der Waals surface area contributed by atoms with Crippen LogP contribution in [-0.4, -0.2) is 63.7 Å². The second-order valence-electron chi connectivity index (χ2n) is 4.82. The van der Waals surface area contributed by atoms with Gasteiger partial charge in [0.15, 0.2) is 5.96 Å². The van der Waals surface area contributed by atoms with Crippen molar-refractivity contribution in [2.75, 3.05) is 6.61 Å². The average Bonchev–Trinajstić information content (AvgIpc) is 2.49. The largest absolute Gasteiger partial charge is 0.460 e. The van der Waals surface area contributed by atoms with E-state index in [9.17, 15) is 15.3 Å². The van der Waals surface area contributed by atoms with Gasteiger partial charge in [0.25, 0.3) is 0 Å². The number of aliphatic hydroxyl groups excluding tert-OH is 4. The molecule has 0 aliphatic carbocycles. The van der Waals surface area contributed by atoms with E-state index in [1.165, 1.54) is 0 Å². The molecule has 1 aliphatic rings. The Balaban J connectivity index is 2.21. The summed E-state index contributed by atoms with van der Waals surface area (Å²) >= 11 is 0. The Kier molecular flexibility index (Phi) is 5.16. The van der Waals surface area contributed by atoms with Crippen molar-refractivity contribution in [3.63, 3.8) is 0 Å². The van der Waals surface area contributed by atoms with E-state index in [1.807, 2.05) is 0 Å². The molecule has 1 aromatic carbocycles. The highest BCUT2D eigenvalue weighted by molar-refractivity contribution is 5.80. The lowest BCUT2D eigenvalue weighted by Gasteiger charge is -2.39. The van der Waals surface area contributed by atoms with E-state index in [-0.39, 0.29) is 11.7 Å². The molecule has 22 heavy (non-hydrogen) atoms. The highest BCUT2D eigenvalue weighted by Gasteiger charge is 2.44. The van der Waals surface area contributed by atoms with E-state index in [2.05, 4.69) is 4.99 Å². The van der Waals surface area contributed by atoms with Crippen LogP contribution in [0, 0.1) is 0 Å². The molecule has 0 amide bonds. The Morgan fingerprint density at radius 2 is 1.82 bits per heavy atom. The maximum Gasteiger partial charge on any atom is 0.229 e. The Morgan fingerprint density at radius 1 is 1.14 bits per heavy atom. The minimum absolute atomic E-state index is 0.176. The first-order chi connectivity index (χ1) is 10.4. The van der Waals surface area contributed by atoms with Crippen LogP contribution in [-0.2, 0) is 4.74 Å². The normalized spacial score (nSPS) is 31.5. The van der Waals surface area contributed by atoms with E-state index in [0.717, 1.165) is 0 Å². The quantitative estimate of drug-likeness (QED) is 0.268. The van der Waals surface area contributed by atoms with Crippen LogP contribution in [0.15, 0.2) is 29.3 Å².